The summed E-state index contributed by atoms with van der Waals surface area (Å²) in [6.07, 6.45) is 6.39. The first-order valence-electron chi connectivity index (χ1n) is 9.48. The second-order valence-corrected chi connectivity index (χ2v) is 7.10. The molecule has 7 nitrogen and oxygen atoms in total. The van der Waals surface area contributed by atoms with Gasteiger partial charge in [-0.05, 0) is 44.7 Å². The number of nitrogens with zero attached hydrogens (tertiary/aromatic N) is 2. The summed E-state index contributed by atoms with van der Waals surface area (Å²) in [5, 5.41) is 3.67. The Balaban J connectivity index is 1.35. The second-order valence-electron chi connectivity index (χ2n) is 7.10. The van der Waals surface area contributed by atoms with Crippen molar-refractivity contribution in [3.8, 4) is 6.01 Å². The molecule has 1 aliphatic rings. The number of fused-ring (bicyclic) bond motifs is 1. The number of hydrogen-bond donors (Lipinski definition) is 2. The van der Waals surface area contributed by atoms with Crippen LogP contribution in [-0.4, -0.2) is 38.8 Å². The van der Waals surface area contributed by atoms with Crippen LogP contribution in [0.15, 0.2) is 42.7 Å². The van der Waals surface area contributed by atoms with Crippen LogP contribution >= 0.6 is 0 Å². The van der Waals surface area contributed by atoms with Crippen LogP contribution in [0, 0.1) is 6.92 Å². The Labute approximate surface area is 162 Å². The predicted molar refractivity (Wildman–Crippen MR) is 104 cm³/mol. The fourth-order valence-electron chi connectivity index (χ4n) is 3.75. The molecule has 0 atom stereocenters. The van der Waals surface area contributed by atoms with Gasteiger partial charge in [0.15, 0.2) is 0 Å². The number of aryl methyl sites for hydroxylation is 1. The smallest absolute Gasteiger partial charge is 0.316 e. The van der Waals surface area contributed by atoms with Crippen molar-refractivity contribution in [2.45, 2.75) is 44.8 Å². The zero-order chi connectivity index (χ0) is 19.5. The topological polar surface area (TPSA) is 97.0 Å². The van der Waals surface area contributed by atoms with Gasteiger partial charge in [-0.2, -0.15) is 0 Å². The van der Waals surface area contributed by atoms with E-state index < -0.39 is 11.7 Å². The number of carbonyl (C=O) groups is 2. The van der Waals surface area contributed by atoms with Gasteiger partial charge in [0.05, 0.1) is 5.56 Å². The number of aromatic amines is 1. The van der Waals surface area contributed by atoms with Crippen molar-refractivity contribution >= 4 is 22.6 Å². The highest BCUT2D eigenvalue weighted by Gasteiger charge is 2.28. The van der Waals surface area contributed by atoms with Gasteiger partial charge in [0.2, 0.25) is 0 Å². The van der Waals surface area contributed by atoms with Gasteiger partial charge in [-0.25, -0.2) is 9.97 Å². The molecule has 2 aromatic heterocycles. The maximum absolute atomic E-state index is 12.7. The Morgan fingerprint density at radius 2 is 1.79 bits per heavy atom. The van der Waals surface area contributed by atoms with Crippen LogP contribution in [0.1, 0.15) is 41.7 Å². The normalized spacial score (nSPS) is 19.3. The third-order valence-corrected chi connectivity index (χ3v) is 5.15. The molecule has 0 unspecified atom stereocenters. The molecule has 0 spiro atoms. The predicted octanol–water partition coefficient (Wildman–Crippen LogP) is 2.96. The maximum atomic E-state index is 12.7. The minimum atomic E-state index is -0.552. The molecule has 7 heteroatoms. The van der Waals surface area contributed by atoms with E-state index in [1.165, 1.54) is 0 Å². The number of Topliss-reactive ketones (excluding diaryl/α,β-unsaturated/α-hetero) is 1. The summed E-state index contributed by atoms with van der Waals surface area (Å²) in [5.74, 6) is -1.05. The molecule has 1 fully saturated rings. The summed E-state index contributed by atoms with van der Waals surface area (Å²) in [7, 11) is 0. The van der Waals surface area contributed by atoms with Crippen LogP contribution < -0.4 is 10.1 Å². The van der Waals surface area contributed by atoms with Gasteiger partial charge in [-0.1, -0.05) is 18.2 Å². The van der Waals surface area contributed by atoms with Gasteiger partial charge in [-0.15, -0.1) is 0 Å². The van der Waals surface area contributed by atoms with Gasteiger partial charge < -0.3 is 15.0 Å². The van der Waals surface area contributed by atoms with Gasteiger partial charge in [0.25, 0.3) is 11.7 Å². The largest absolute Gasteiger partial charge is 0.460 e. The summed E-state index contributed by atoms with van der Waals surface area (Å²) >= 11 is 0. The molecule has 0 bridgehead atoms. The molecule has 0 radical (unpaired) electrons. The minimum absolute atomic E-state index is 0.0292. The summed E-state index contributed by atoms with van der Waals surface area (Å²) in [6.45, 7) is 1.81. The molecule has 28 heavy (non-hydrogen) atoms. The number of benzene rings is 1. The lowest BCUT2D eigenvalue weighted by Crippen LogP contribution is -2.42. The Kier molecular flexibility index (Phi) is 5.06. The first-order chi connectivity index (χ1) is 13.6. The number of rotatable bonds is 5. The van der Waals surface area contributed by atoms with Crippen molar-refractivity contribution in [3.63, 3.8) is 0 Å². The molecule has 3 aromatic rings. The van der Waals surface area contributed by atoms with E-state index >= 15 is 0 Å². The highest BCUT2D eigenvalue weighted by Crippen LogP contribution is 2.24. The number of ketones is 1. The average molecular weight is 378 g/mol. The number of nitrogens with one attached hydrogen (secondary N) is 2. The molecular weight excluding hydrogens is 356 g/mol. The second kappa shape index (κ2) is 7.80. The van der Waals surface area contributed by atoms with Gasteiger partial charge in [-0.3, -0.25) is 9.59 Å². The lowest BCUT2D eigenvalue weighted by Gasteiger charge is -2.28. The van der Waals surface area contributed by atoms with Crippen LogP contribution in [0.2, 0.25) is 0 Å². The number of ether oxygens (including phenoxy) is 1. The first kappa shape index (κ1) is 18.2. The molecule has 144 valence electrons. The molecule has 1 aromatic carbocycles. The highest BCUT2D eigenvalue weighted by molar-refractivity contribution is 6.45. The Morgan fingerprint density at radius 1 is 1.07 bits per heavy atom. The molecule has 2 N–H and O–H groups in total. The molecular formula is C21H22N4O3. The van der Waals surface area contributed by atoms with Gasteiger partial charge >= 0.3 is 6.01 Å². The Morgan fingerprint density at radius 3 is 2.54 bits per heavy atom. The standard InChI is InChI=1S/C21H22N4O3/c1-13-18(16-5-2-3-6-17(16)24-13)19(26)20(27)25-14-7-9-15(10-8-14)28-21-22-11-4-12-23-21/h2-6,11-12,14-15,24H,7-10H2,1H3,(H,25,27). The zero-order valence-electron chi connectivity index (χ0n) is 15.6. The first-order valence-corrected chi connectivity index (χ1v) is 9.48. The third kappa shape index (κ3) is 3.74. The molecule has 1 aliphatic carbocycles. The van der Waals surface area contributed by atoms with E-state index in [1.807, 2.05) is 31.2 Å². The Hall–Kier alpha value is -3.22. The molecule has 0 aliphatic heterocycles. The summed E-state index contributed by atoms with van der Waals surface area (Å²) in [5.41, 5.74) is 2.02. The fourth-order valence-corrected chi connectivity index (χ4v) is 3.75. The number of hydrogen-bond acceptors (Lipinski definition) is 5. The van der Waals surface area contributed by atoms with E-state index in [2.05, 4.69) is 20.3 Å². The fraction of sp³-hybridized carbons (Fsp3) is 0.333. The van der Waals surface area contributed by atoms with Gasteiger partial charge in [0, 0.05) is 35.0 Å². The summed E-state index contributed by atoms with van der Waals surface area (Å²) in [4.78, 5) is 36.6. The van der Waals surface area contributed by atoms with Crippen molar-refractivity contribution < 1.29 is 14.3 Å². The van der Waals surface area contributed by atoms with Crippen LogP contribution in [-0.2, 0) is 4.79 Å². The SMILES string of the molecule is Cc1[nH]c2ccccc2c1C(=O)C(=O)NC1CCC(Oc2ncccn2)CC1. The Bertz CT molecular complexity index is 991. The number of H-pyrrole nitrogens is 1. The lowest BCUT2D eigenvalue weighted by atomic mass is 9.92. The van der Waals surface area contributed by atoms with Crippen molar-refractivity contribution in [3.05, 3.63) is 54.0 Å². The van der Waals surface area contributed by atoms with Crippen molar-refractivity contribution in [2.24, 2.45) is 0 Å². The average Bonchev–Trinajstić information content (AvgIpc) is 3.05. The number of amides is 1. The molecule has 4 rings (SSSR count). The van der Waals surface area contributed by atoms with Crippen molar-refractivity contribution in [2.75, 3.05) is 0 Å². The van der Waals surface area contributed by atoms with Crippen molar-refractivity contribution in [1.29, 1.82) is 0 Å². The van der Waals surface area contributed by atoms with Crippen LogP contribution in [0.3, 0.4) is 0 Å². The molecule has 1 saturated carbocycles. The third-order valence-electron chi connectivity index (χ3n) is 5.15. The van der Waals surface area contributed by atoms with Crippen molar-refractivity contribution in [1.82, 2.24) is 20.3 Å². The van der Waals surface area contributed by atoms with Gasteiger partial charge in [0.1, 0.15) is 6.10 Å². The van der Waals surface area contributed by atoms with E-state index in [4.69, 9.17) is 4.74 Å². The molecule has 1 amide bonds. The number of aromatic nitrogens is 3. The number of para-hydroxylation sites is 1. The molecule has 0 saturated heterocycles. The number of carbonyl (C=O) groups excluding carboxylic acids is 2. The maximum Gasteiger partial charge on any atom is 0.316 e. The monoisotopic (exact) mass is 378 g/mol. The van der Waals surface area contributed by atoms with E-state index in [9.17, 15) is 9.59 Å². The van der Waals surface area contributed by atoms with Crippen LogP contribution in [0.4, 0.5) is 0 Å². The van der Waals surface area contributed by atoms with E-state index in [0.717, 1.165) is 36.6 Å². The summed E-state index contributed by atoms with van der Waals surface area (Å²) in [6, 6.07) is 9.60. The zero-order valence-corrected chi connectivity index (χ0v) is 15.6. The van der Waals surface area contributed by atoms with E-state index in [-0.39, 0.29) is 12.1 Å². The van der Waals surface area contributed by atoms with Crippen LogP contribution in [0.25, 0.3) is 10.9 Å². The lowest BCUT2D eigenvalue weighted by molar-refractivity contribution is -0.118. The summed E-state index contributed by atoms with van der Waals surface area (Å²) < 4.78 is 5.77. The van der Waals surface area contributed by atoms with Crippen LogP contribution in [0.5, 0.6) is 6.01 Å². The van der Waals surface area contributed by atoms with E-state index in [1.54, 1.807) is 18.5 Å². The quantitative estimate of drug-likeness (QED) is 0.525. The molecule has 2 heterocycles. The van der Waals surface area contributed by atoms with E-state index in [0.29, 0.717) is 17.3 Å². The minimum Gasteiger partial charge on any atom is -0.460 e. The highest BCUT2D eigenvalue weighted by atomic mass is 16.5.